The summed E-state index contributed by atoms with van der Waals surface area (Å²) in [5.74, 6) is -0.268. The van der Waals surface area contributed by atoms with Crippen molar-refractivity contribution in [1.82, 2.24) is 20.3 Å². The predicted octanol–water partition coefficient (Wildman–Crippen LogP) is 4.82. The monoisotopic (exact) mass is 435 g/mol. The van der Waals surface area contributed by atoms with Gasteiger partial charge in [-0.15, -0.1) is 10.2 Å². The third kappa shape index (κ3) is 4.32. The first-order valence-corrected chi connectivity index (χ1v) is 10.0. The van der Waals surface area contributed by atoms with Gasteiger partial charge in [-0.05, 0) is 74.1 Å². The van der Waals surface area contributed by atoms with Crippen LogP contribution < -0.4 is 10.6 Å². The number of rotatable bonds is 3. The summed E-state index contributed by atoms with van der Waals surface area (Å²) in [7, 11) is 0. The number of aryl methyl sites for hydroxylation is 2. The molecule has 0 spiro atoms. The third-order valence-corrected chi connectivity index (χ3v) is 5.18. The van der Waals surface area contributed by atoms with Crippen LogP contribution in [0.15, 0.2) is 60.7 Å². The first kappa shape index (κ1) is 20.0. The molecular weight excluding hydrogens is 418 g/mol. The van der Waals surface area contributed by atoms with E-state index in [4.69, 9.17) is 23.8 Å². The van der Waals surface area contributed by atoms with Gasteiger partial charge in [0.1, 0.15) is 11.0 Å². The number of hydrogen-bond donors (Lipinski definition) is 2. The van der Waals surface area contributed by atoms with Gasteiger partial charge in [-0.1, -0.05) is 35.4 Å². The van der Waals surface area contributed by atoms with E-state index in [0.717, 1.165) is 22.3 Å². The number of nitrogens with one attached hydrogen (secondary N) is 2. The van der Waals surface area contributed by atoms with Crippen LogP contribution in [0.3, 0.4) is 0 Å². The lowest BCUT2D eigenvalue weighted by Crippen LogP contribution is -2.34. The molecule has 0 aliphatic carbocycles. The molecule has 0 aliphatic rings. The number of benzene rings is 3. The van der Waals surface area contributed by atoms with Crippen molar-refractivity contribution in [3.63, 3.8) is 0 Å². The minimum absolute atomic E-state index is 0.206. The van der Waals surface area contributed by atoms with Gasteiger partial charge < -0.3 is 5.32 Å². The van der Waals surface area contributed by atoms with Crippen molar-refractivity contribution < 1.29 is 4.79 Å². The number of nitrogens with zero attached hydrogens (tertiary/aromatic N) is 3. The van der Waals surface area contributed by atoms with Gasteiger partial charge in [0.2, 0.25) is 0 Å². The van der Waals surface area contributed by atoms with Crippen molar-refractivity contribution in [3.05, 3.63) is 82.4 Å². The van der Waals surface area contributed by atoms with Crippen LogP contribution in [0.5, 0.6) is 0 Å². The van der Waals surface area contributed by atoms with Gasteiger partial charge in [-0.2, -0.15) is 4.80 Å². The van der Waals surface area contributed by atoms with Crippen LogP contribution in [-0.4, -0.2) is 26.0 Å². The SMILES string of the molecule is Cc1ccc(C(=O)NC(=S)Nc2ccc3nn(-c4ccc(C)c(Cl)c4)nc3c2)cc1. The summed E-state index contributed by atoms with van der Waals surface area (Å²) in [6, 6.07) is 18.4. The standard InChI is InChI=1S/C22H18ClN5OS/c1-13-3-6-15(7-4-13)21(29)25-22(30)24-16-8-10-19-20(11-16)27-28(26-19)17-9-5-14(2)18(23)12-17/h3-12H,1-2H3,(H2,24,25,29,30). The van der Waals surface area contributed by atoms with Crippen LogP contribution in [0.4, 0.5) is 5.69 Å². The Morgan fingerprint density at radius 3 is 2.43 bits per heavy atom. The molecule has 150 valence electrons. The van der Waals surface area contributed by atoms with E-state index < -0.39 is 0 Å². The second-order valence-electron chi connectivity index (χ2n) is 6.90. The highest BCUT2D eigenvalue weighted by Crippen LogP contribution is 2.21. The van der Waals surface area contributed by atoms with Crippen molar-refractivity contribution in [2.24, 2.45) is 0 Å². The van der Waals surface area contributed by atoms with Gasteiger partial charge in [0.15, 0.2) is 5.11 Å². The molecule has 0 saturated carbocycles. The van der Waals surface area contributed by atoms with Gasteiger partial charge in [-0.3, -0.25) is 10.1 Å². The number of halogens is 1. The van der Waals surface area contributed by atoms with Gasteiger partial charge >= 0.3 is 0 Å². The summed E-state index contributed by atoms with van der Waals surface area (Å²) in [5, 5.41) is 15.6. The lowest BCUT2D eigenvalue weighted by atomic mass is 10.1. The topological polar surface area (TPSA) is 71.8 Å². The minimum atomic E-state index is -0.268. The van der Waals surface area contributed by atoms with Gasteiger partial charge in [0, 0.05) is 16.3 Å². The number of carbonyl (C=O) groups is 1. The number of anilines is 1. The Morgan fingerprint density at radius 2 is 1.70 bits per heavy atom. The summed E-state index contributed by atoms with van der Waals surface area (Å²) < 4.78 is 0. The minimum Gasteiger partial charge on any atom is -0.332 e. The molecule has 0 saturated heterocycles. The zero-order chi connectivity index (χ0) is 21.3. The van der Waals surface area contributed by atoms with Crippen LogP contribution in [0, 0.1) is 13.8 Å². The van der Waals surface area contributed by atoms with E-state index in [1.54, 1.807) is 12.1 Å². The van der Waals surface area contributed by atoms with Gasteiger partial charge in [0.25, 0.3) is 5.91 Å². The third-order valence-electron chi connectivity index (χ3n) is 4.57. The molecule has 0 radical (unpaired) electrons. The van der Waals surface area contributed by atoms with Crippen LogP contribution in [0.25, 0.3) is 16.7 Å². The molecule has 2 N–H and O–H groups in total. The van der Waals surface area contributed by atoms with E-state index in [-0.39, 0.29) is 11.0 Å². The van der Waals surface area contributed by atoms with Crippen molar-refractivity contribution >= 4 is 51.6 Å². The highest BCUT2D eigenvalue weighted by Gasteiger charge is 2.10. The molecule has 1 amide bonds. The molecule has 4 aromatic rings. The number of fused-ring (bicyclic) bond motifs is 1. The molecule has 0 aliphatic heterocycles. The van der Waals surface area contributed by atoms with E-state index in [2.05, 4.69) is 20.8 Å². The lowest BCUT2D eigenvalue weighted by Gasteiger charge is -2.09. The van der Waals surface area contributed by atoms with Gasteiger partial charge in [0.05, 0.1) is 5.69 Å². The molecule has 1 aromatic heterocycles. The number of hydrogen-bond acceptors (Lipinski definition) is 4. The molecular formula is C22H18ClN5OS. The maximum absolute atomic E-state index is 12.3. The molecule has 8 heteroatoms. The molecule has 4 rings (SSSR count). The fourth-order valence-corrected chi connectivity index (χ4v) is 3.24. The Kier molecular flexibility index (Phi) is 5.48. The van der Waals surface area contributed by atoms with Crippen LogP contribution >= 0.6 is 23.8 Å². The Hall–Kier alpha value is -3.29. The summed E-state index contributed by atoms with van der Waals surface area (Å²) in [5.41, 5.74) is 5.50. The quantitative estimate of drug-likeness (QED) is 0.451. The molecule has 0 bridgehead atoms. The molecule has 3 aromatic carbocycles. The molecule has 0 atom stereocenters. The average Bonchev–Trinajstić information content (AvgIpc) is 3.13. The van der Waals surface area contributed by atoms with E-state index in [9.17, 15) is 4.79 Å². The molecule has 1 heterocycles. The highest BCUT2D eigenvalue weighted by atomic mass is 35.5. The fraction of sp³-hybridized carbons (Fsp3) is 0.0909. The first-order chi connectivity index (χ1) is 14.4. The second-order valence-corrected chi connectivity index (χ2v) is 7.72. The Labute approximate surface area is 183 Å². The van der Waals surface area contributed by atoms with Crippen molar-refractivity contribution in [2.75, 3.05) is 5.32 Å². The number of carbonyl (C=O) groups excluding carboxylic acids is 1. The zero-order valence-electron chi connectivity index (χ0n) is 16.3. The Morgan fingerprint density at radius 1 is 0.967 bits per heavy atom. The molecule has 0 fully saturated rings. The van der Waals surface area contributed by atoms with Crippen LogP contribution in [0.2, 0.25) is 5.02 Å². The summed E-state index contributed by atoms with van der Waals surface area (Å²) in [6.45, 7) is 3.91. The zero-order valence-corrected chi connectivity index (χ0v) is 17.9. The first-order valence-electron chi connectivity index (χ1n) is 9.22. The lowest BCUT2D eigenvalue weighted by molar-refractivity contribution is 0.0977. The smallest absolute Gasteiger partial charge is 0.257 e. The number of aromatic nitrogens is 3. The molecule has 6 nitrogen and oxygen atoms in total. The molecule has 30 heavy (non-hydrogen) atoms. The van der Waals surface area contributed by atoms with Crippen molar-refractivity contribution in [2.45, 2.75) is 13.8 Å². The summed E-state index contributed by atoms with van der Waals surface area (Å²) >= 11 is 11.5. The largest absolute Gasteiger partial charge is 0.332 e. The Balaban J connectivity index is 1.49. The maximum atomic E-state index is 12.3. The van der Waals surface area contributed by atoms with Crippen molar-refractivity contribution in [3.8, 4) is 5.69 Å². The second kappa shape index (κ2) is 8.22. The predicted molar refractivity (Wildman–Crippen MR) is 123 cm³/mol. The van der Waals surface area contributed by atoms with E-state index in [1.165, 1.54) is 4.80 Å². The fourth-order valence-electron chi connectivity index (χ4n) is 2.86. The average molecular weight is 436 g/mol. The van der Waals surface area contributed by atoms with Crippen LogP contribution in [0.1, 0.15) is 21.5 Å². The van der Waals surface area contributed by atoms with Gasteiger partial charge in [-0.25, -0.2) is 0 Å². The number of thiocarbonyl (C=S) groups is 1. The maximum Gasteiger partial charge on any atom is 0.257 e. The molecule has 0 unspecified atom stereocenters. The van der Waals surface area contributed by atoms with Crippen molar-refractivity contribution in [1.29, 1.82) is 0 Å². The Bertz CT molecular complexity index is 1270. The van der Waals surface area contributed by atoms with E-state index in [0.29, 0.717) is 21.8 Å². The summed E-state index contributed by atoms with van der Waals surface area (Å²) in [4.78, 5) is 13.8. The van der Waals surface area contributed by atoms with E-state index >= 15 is 0 Å². The number of amides is 1. The normalized spacial score (nSPS) is 10.8. The van der Waals surface area contributed by atoms with Crippen LogP contribution in [-0.2, 0) is 0 Å². The van der Waals surface area contributed by atoms with E-state index in [1.807, 2.05) is 62.4 Å². The summed E-state index contributed by atoms with van der Waals surface area (Å²) in [6.07, 6.45) is 0. The highest BCUT2D eigenvalue weighted by molar-refractivity contribution is 7.80.